The van der Waals surface area contributed by atoms with Crippen LogP contribution in [0, 0.1) is 34.0 Å². The van der Waals surface area contributed by atoms with Crippen molar-refractivity contribution in [3.05, 3.63) is 41.0 Å². The van der Waals surface area contributed by atoms with Gasteiger partial charge in [-0.2, -0.15) is 15.8 Å². The van der Waals surface area contributed by atoms with Gasteiger partial charge in [-0.15, -0.1) is 0 Å². The lowest BCUT2D eigenvalue weighted by Gasteiger charge is -1.97. The van der Waals surface area contributed by atoms with Gasteiger partial charge >= 0.3 is 0 Å². The van der Waals surface area contributed by atoms with Gasteiger partial charge in [0.15, 0.2) is 5.57 Å². The van der Waals surface area contributed by atoms with Gasteiger partial charge < -0.3 is 10.2 Å². The maximum absolute atomic E-state index is 8.84. The Morgan fingerprint density at radius 1 is 1.25 bits per heavy atom. The topological polar surface area (TPSA) is 111 Å². The molecule has 1 aromatic rings. The number of nitriles is 3. The Kier molecular flexibility index (Phi) is 3.50. The van der Waals surface area contributed by atoms with Gasteiger partial charge in [0.25, 0.3) is 0 Å². The summed E-state index contributed by atoms with van der Waals surface area (Å²) in [5.41, 5.74) is 5.09. The molecule has 0 aliphatic carbocycles. The minimum absolute atomic E-state index is 0.0213. The van der Waals surface area contributed by atoms with Gasteiger partial charge in [0.2, 0.25) is 0 Å². The minimum Gasteiger partial charge on any atom is -0.465 e. The zero-order valence-electron chi connectivity index (χ0n) is 8.14. The van der Waals surface area contributed by atoms with Gasteiger partial charge in [-0.3, -0.25) is 0 Å². The van der Waals surface area contributed by atoms with Crippen molar-refractivity contribution in [2.24, 2.45) is 5.73 Å². The van der Waals surface area contributed by atoms with E-state index < -0.39 is 0 Å². The molecular weight excluding hydrogens is 204 g/mol. The molecule has 1 aromatic heterocycles. The first kappa shape index (κ1) is 11.1. The number of allylic oxidation sites excluding steroid dienone is 2. The number of nitrogens with zero attached hydrogens (tertiary/aromatic N) is 3. The first-order valence-corrected chi connectivity index (χ1v) is 4.18. The fraction of sp³-hybridized carbons (Fsp3) is 0. The summed E-state index contributed by atoms with van der Waals surface area (Å²) in [4.78, 5) is 0. The van der Waals surface area contributed by atoms with E-state index in [0.29, 0.717) is 5.76 Å². The molecule has 0 atom stereocenters. The maximum atomic E-state index is 8.84. The summed E-state index contributed by atoms with van der Waals surface area (Å²) in [5, 5.41) is 26.0. The standard InChI is InChI=1S/C11H6N4O/c12-5-8(4-10-2-1-3-16-10)11(15)9(6-13)7-14/h1-4H,15H2. The Morgan fingerprint density at radius 3 is 2.38 bits per heavy atom. The predicted molar refractivity (Wildman–Crippen MR) is 54.7 cm³/mol. The minimum atomic E-state index is -0.292. The summed E-state index contributed by atoms with van der Waals surface area (Å²) in [6, 6.07) is 8.32. The molecule has 0 radical (unpaired) electrons. The number of rotatable bonds is 2. The number of hydrogen-bond acceptors (Lipinski definition) is 5. The fourth-order valence-corrected chi connectivity index (χ4v) is 0.966. The third-order valence-electron chi connectivity index (χ3n) is 1.73. The van der Waals surface area contributed by atoms with E-state index in [1.165, 1.54) is 12.3 Å². The van der Waals surface area contributed by atoms with Crippen LogP contribution in [0.4, 0.5) is 0 Å². The molecule has 0 aromatic carbocycles. The lowest BCUT2D eigenvalue weighted by molar-refractivity contribution is 0.557. The first-order chi connectivity index (χ1) is 7.72. The van der Waals surface area contributed by atoms with Crippen LogP contribution in [-0.2, 0) is 0 Å². The van der Waals surface area contributed by atoms with Crippen molar-refractivity contribution in [2.45, 2.75) is 0 Å². The maximum Gasteiger partial charge on any atom is 0.153 e. The third kappa shape index (κ3) is 2.29. The molecule has 0 fully saturated rings. The molecule has 0 spiro atoms. The number of hydrogen-bond donors (Lipinski definition) is 1. The van der Waals surface area contributed by atoms with Gasteiger partial charge in [-0.1, -0.05) is 0 Å². The van der Waals surface area contributed by atoms with E-state index in [-0.39, 0.29) is 16.8 Å². The second-order valence-corrected chi connectivity index (χ2v) is 2.70. The van der Waals surface area contributed by atoms with E-state index in [9.17, 15) is 0 Å². The van der Waals surface area contributed by atoms with Gasteiger partial charge in [0, 0.05) is 6.08 Å². The molecule has 76 valence electrons. The molecule has 5 nitrogen and oxygen atoms in total. The second-order valence-electron chi connectivity index (χ2n) is 2.70. The smallest absolute Gasteiger partial charge is 0.153 e. The van der Waals surface area contributed by atoms with Crippen LogP contribution in [-0.4, -0.2) is 0 Å². The second kappa shape index (κ2) is 5.05. The van der Waals surface area contributed by atoms with Crippen LogP contribution in [0.1, 0.15) is 5.76 Å². The molecule has 0 unspecified atom stereocenters. The quantitative estimate of drug-likeness (QED) is 0.586. The summed E-state index contributed by atoms with van der Waals surface area (Å²) in [5.74, 6) is 0.426. The number of nitrogens with two attached hydrogens (primary N) is 1. The molecule has 1 rings (SSSR count). The number of furan rings is 1. The van der Waals surface area contributed by atoms with E-state index in [0.717, 1.165) is 0 Å². The van der Waals surface area contributed by atoms with Gasteiger partial charge in [-0.25, -0.2) is 0 Å². The van der Waals surface area contributed by atoms with Crippen LogP contribution in [0.25, 0.3) is 6.08 Å². The largest absolute Gasteiger partial charge is 0.465 e. The lowest BCUT2D eigenvalue weighted by atomic mass is 10.1. The summed E-state index contributed by atoms with van der Waals surface area (Å²) in [6.07, 6.45) is 2.81. The van der Waals surface area contributed by atoms with E-state index in [1.54, 1.807) is 30.3 Å². The van der Waals surface area contributed by atoms with Crippen molar-refractivity contribution in [1.29, 1.82) is 15.8 Å². The molecule has 0 amide bonds. The molecule has 0 aliphatic heterocycles. The van der Waals surface area contributed by atoms with Crippen molar-refractivity contribution in [3.8, 4) is 18.2 Å². The molecule has 1 heterocycles. The molecule has 0 aliphatic rings. The Bertz CT molecular complexity index is 543. The van der Waals surface area contributed by atoms with E-state index in [1.807, 2.05) is 0 Å². The van der Waals surface area contributed by atoms with Crippen LogP contribution in [0.15, 0.2) is 39.7 Å². The predicted octanol–water partition coefficient (Wildman–Crippen LogP) is 1.45. The Morgan fingerprint density at radius 2 is 1.94 bits per heavy atom. The van der Waals surface area contributed by atoms with Crippen LogP contribution in [0.2, 0.25) is 0 Å². The van der Waals surface area contributed by atoms with Crippen LogP contribution in [0.5, 0.6) is 0 Å². The molecule has 0 saturated heterocycles. The van der Waals surface area contributed by atoms with Crippen molar-refractivity contribution < 1.29 is 4.42 Å². The van der Waals surface area contributed by atoms with E-state index in [2.05, 4.69) is 0 Å². The third-order valence-corrected chi connectivity index (χ3v) is 1.73. The summed E-state index contributed by atoms with van der Waals surface area (Å²) < 4.78 is 4.99. The molecular formula is C11H6N4O. The van der Waals surface area contributed by atoms with E-state index >= 15 is 0 Å². The Balaban J connectivity index is 3.22. The lowest BCUT2D eigenvalue weighted by Crippen LogP contribution is -2.03. The average molecular weight is 210 g/mol. The molecule has 0 saturated carbocycles. The van der Waals surface area contributed by atoms with Crippen molar-refractivity contribution in [3.63, 3.8) is 0 Å². The van der Waals surface area contributed by atoms with Crippen molar-refractivity contribution >= 4 is 6.08 Å². The van der Waals surface area contributed by atoms with Crippen LogP contribution >= 0.6 is 0 Å². The molecule has 5 heteroatoms. The average Bonchev–Trinajstić information content (AvgIpc) is 2.80. The van der Waals surface area contributed by atoms with Gasteiger partial charge in [-0.05, 0) is 12.1 Å². The first-order valence-electron chi connectivity index (χ1n) is 4.18. The molecule has 0 bridgehead atoms. The molecule has 2 N–H and O–H groups in total. The van der Waals surface area contributed by atoms with Gasteiger partial charge in [0.05, 0.1) is 17.5 Å². The zero-order chi connectivity index (χ0) is 12.0. The van der Waals surface area contributed by atoms with Crippen LogP contribution in [0.3, 0.4) is 0 Å². The fourth-order valence-electron chi connectivity index (χ4n) is 0.966. The zero-order valence-corrected chi connectivity index (χ0v) is 8.14. The van der Waals surface area contributed by atoms with Crippen molar-refractivity contribution in [2.75, 3.05) is 0 Å². The Labute approximate surface area is 91.9 Å². The summed E-state index contributed by atoms with van der Waals surface area (Å²) >= 11 is 0. The highest BCUT2D eigenvalue weighted by molar-refractivity contribution is 5.63. The molecule has 16 heavy (non-hydrogen) atoms. The Hall–Kier alpha value is -2.97. The van der Waals surface area contributed by atoms with Crippen LogP contribution < -0.4 is 5.73 Å². The normalized spacial score (nSPS) is 9.69. The summed E-state index contributed by atoms with van der Waals surface area (Å²) in [7, 11) is 0. The summed E-state index contributed by atoms with van der Waals surface area (Å²) in [6.45, 7) is 0. The highest BCUT2D eigenvalue weighted by Crippen LogP contribution is 2.13. The highest BCUT2D eigenvalue weighted by Gasteiger charge is 2.08. The van der Waals surface area contributed by atoms with Gasteiger partial charge in [0.1, 0.15) is 24.0 Å². The monoisotopic (exact) mass is 210 g/mol. The SMILES string of the molecule is N#CC(=Cc1ccco1)C(N)=C(C#N)C#N. The highest BCUT2D eigenvalue weighted by atomic mass is 16.3. The van der Waals surface area contributed by atoms with E-state index in [4.69, 9.17) is 25.9 Å². The van der Waals surface area contributed by atoms with Crippen molar-refractivity contribution in [1.82, 2.24) is 0 Å².